The van der Waals surface area contributed by atoms with Crippen molar-refractivity contribution in [3.8, 4) is 0 Å². The van der Waals surface area contributed by atoms with Crippen LogP contribution in [0.1, 0.15) is 32.3 Å². The van der Waals surface area contributed by atoms with Crippen molar-refractivity contribution >= 4 is 29.5 Å². The van der Waals surface area contributed by atoms with Crippen molar-refractivity contribution in [2.75, 3.05) is 18.9 Å². The van der Waals surface area contributed by atoms with Crippen LogP contribution in [0.2, 0.25) is 0 Å². The Morgan fingerprint density at radius 3 is 2.65 bits per heavy atom. The molecular weight excluding hydrogens is 404 g/mol. The molecule has 0 saturated carbocycles. The zero-order valence-electron chi connectivity index (χ0n) is 17.8. The van der Waals surface area contributed by atoms with E-state index in [4.69, 9.17) is 10.5 Å². The largest absolute Gasteiger partial charge is 0.465 e. The fourth-order valence-corrected chi connectivity index (χ4v) is 4.11. The van der Waals surface area contributed by atoms with Crippen LogP contribution in [0, 0.1) is 5.92 Å². The SMILES string of the molecule is CC(C)C[C@@H](C(=O)N1CC2(C[C@H]1C(N)=O)OCc1ccccc1NC2=O)N(C)C(=O)O. The molecule has 3 atom stereocenters. The van der Waals surface area contributed by atoms with Crippen LogP contribution in [-0.2, 0) is 25.7 Å². The average molecular weight is 432 g/mol. The van der Waals surface area contributed by atoms with Gasteiger partial charge in [0.15, 0.2) is 5.60 Å². The van der Waals surface area contributed by atoms with Crippen molar-refractivity contribution < 1.29 is 29.0 Å². The van der Waals surface area contributed by atoms with Crippen molar-refractivity contribution in [2.24, 2.45) is 11.7 Å². The normalized spacial score (nSPS) is 23.8. The van der Waals surface area contributed by atoms with E-state index in [1.807, 2.05) is 26.0 Å². The van der Waals surface area contributed by atoms with Crippen molar-refractivity contribution in [1.29, 1.82) is 0 Å². The van der Waals surface area contributed by atoms with E-state index in [0.29, 0.717) is 5.69 Å². The number of nitrogens with two attached hydrogens (primary N) is 1. The molecule has 4 amide bonds. The van der Waals surface area contributed by atoms with Gasteiger partial charge in [-0.1, -0.05) is 32.0 Å². The minimum absolute atomic E-state index is 0.0197. The number of likely N-dealkylation sites (N-methyl/N-ethyl adjacent to an activating group) is 1. The fourth-order valence-electron chi connectivity index (χ4n) is 4.11. The number of primary amides is 1. The number of hydrogen-bond acceptors (Lipinski definition) is 5. The zero-order valence-corrected chi connectivity index (χ0v) is 17.8. The van der Waals surface area contributed by atoms with Crippen molar-refractivity contribution in [3.05, 3.63) is 29.8 Å². The molecule has 0 aliphatic carbocycles. The Bertz CT molecular complexity index is 904. The van der Waals surface area contributed by atoms with Crippen molar-refractivity contribution in [2.45, 2.75) is 51.0 Å². The lowest BCUT2D eigenvalue weighted by atomic mass is 9.98. The van der Waals surface area contributed by atoms with E-state index in [1.165, 1.54) is 11.9 Å². The van der Waals surface area contributed by atoms with E-state index in [1.54, 1.807) is 12.1 Å². The van der Waals surface area contributed by atoms with Crippen LogP contribution in [-0.4, -0.2) is 70.0 Å². The topological polar surface area (TPSA) is 142 Å². The lowest BCUT2D eigenvalue weighted by molar-refractivity contribution is -0.145. The van der Waals surface area contributed by atoms with E-state index in [-0.39, 0.29) is 31.9 Å². The lowest BCUT2D eigenvalue weighted by Crippen LogP contribution is -2.54. The van der Waals surface area contributed by atoms with E-state index < -0.39 is 41.5 Å². The third kappa shape index (κ3) is 4.34. The van der Waals surface area contributed by atoms with E-state index in [9.17, 15) is 24.3 Å². The van der Waals surface area contributed by atoms with Crippen LogP contribution >= 0.6 is 0 Å². The molecule has 2 aliphatic heterocycles. The number of rotatable bonds is 5. The summed E-state index contributed by atoms with van der Waals surface area (Å²) >= 11 is 0. The van der Waals surface area contributed by atoms with Gasteiger partial charge in [-0.15, -0.1) is 0 Å². The highest BCUT2D eigenvalue weighted by molar-refractivity contribution is 6.01. The number of carboxylic acid groups (broad SMARTS) is 1. The number of carbonyl (C=O) groups excluding carboxylic acids is 3. The molecule has 2 heterocycles. The Morgan fingerprint density at radius 1 is 1.35 bits per heavy atom. The summed E-state index contributed by atoms with van der Waals surface area (Å²) in [5.41, 5.74) is 5.49. The number of amides is 4. The molecule has 1 saturated heterocycles. The van der Waals surface area contributed by atoms with Crippen LogP contribution in [0.15, 0.2) is 24.3 Å². The van der Waals surface area contributed by atoms with Gasteiger partial charge in [0.05, 0.1) is 13.2 Å². The first-order valence-corrected chi connectivity index (χ1v) is 10.1. The van der Waals surface area contributed by atoms with Crippen LogP contribution in [0.25, 0.3) is 0 Å². The summed E-state index contributed by atoms with van der Waals surface area (Å²) in [5, 5.41) is 12.2. The number of nitrogens with zero attached hydrogens (tertiary/aromatic N) is 2. The van der Waals surface area contributed by atoms with Crippen molar-refractivity contribution in [1.82, 2.24) is 9.80 Å². The Morgan fingerprint density at radius 2 is 2.03 bits per heavy atom. The number of hydrogen-bond donors (Lipinski definition) is 3. The monoisotopic (exact) mass is 432 g/mol. The number of benzene rings is 1. The molecule has 1 aromatic rings. The van der Waals surface area contributed by atoms with Crippen LogP contribution < -0.4 is 11.1 Å². The average Bonchev–Trinajstić information content (AvgIpc) is 3.05. The number of likely N-dealkylation sites (tertiary alicyclic amines) is 1. The standard InChI is InChI=1S/C21H28N4O6/c1-12(2)8-15(24(3)20(29)30)18(27)25-11-21(9-16(25)17(22)26)19(28)23-14-7-5-4-6-13(14)10-31-21/h4-7,12,15-16H,8-11H2,1-3H3,(H2,22,26)(H,23,28)(H,29,30)/t15-,16-,21?/m0/s1. The maximum Gasteiger partial charge on any atom is 0.407 e. The number of fused-ring (bicyclic) bond motifs is 1. The maximum atomic E-state index is 13.4. The minimum atomic E-state index is -1.46. The second-order valence-electron chi connectivity index (χ2n) is 8.52. The molecule has 31 heavy (non-hydrogen) atoms. The molecule has 1 unspecified atom stereocenters. The van der Waals surface area contributed by atoms with Gasteiger partial charge in [-0.3, -0.25) is 19.3 Å². The molecule has 1 fully saturated rings. The molecule has 4 N–H and O–H groups in total. The highest BCUT2D eigenvalue weighted by Gasteiger charge is 2.55. The minimum Gasteiger partial charge on any atom is -0.465 e. The smallest absolute Gasteiger partial charge is 0.407 e. The third-order valence-electron chi connectivity index (χ3n) is 5.87. The molecule has 0 bridgehead atoms. The Labute approximate surface area is 180 Å². The van der Waals surface area contributed by atoms with Gasteiger partial charge in [-0.25, -0.2) is 4.79 Å². The highest BCUT2D eigenvalue weighted by Crippen LogP contribution is 2.37. The van der Waals surface area contributed by atoms with E-state index in [2.05, 4.69) is 5.32 Å². The number of carbonyl (C=O) groups is 4. The molecule has 1 aromatic carbocycles. The first-order valence-electron chi connectivity index (χ1n) is 10.1. The molecule has 0 radical (unpaired) electrons. The van der Waals surface area contributed by atoms with Gasteiger partial charge in [-0.05, 0) is 18.4 Å². The molecular formula is C21H28N4O6. The summed E-state index contributed by atoms with van der Waals surface area (Å²) in [7, 11) is 1.31. The fraction of sp³-hybridized carbons (Fsp3) is 0.524. The van der Waals surface area contributed by atoms with Crippen LogP contribution in [0.4, 0.5) is 10.5 Å². The summed E-state index contributed by atoms with van der Waals surface area (Å²) < 4.78 is 5.98. The quantitative estimate of drug-likeness (QED) is 0.634. The number of para-hydroxylation sites is 1. The van der Waals surface area contributed by atoms with E-state index >= 15 is 0 Å². The van der Waals surface area contributed by atoms with Gasteiger partial charge >= 0.3 is 6.09 Å². The summed E-state index contributed by atoms with van der Waals surface area (Å²) in [6.07, 6.45) is -1.10. The Balaban J connectivity index is 1.92. The third-order valence-corrected chi connectivity index (χ3v) is 5.87. The zero-order chi connectivity index (χ0) is 22.9. The van der Waals surface area contributed by atoms with E-state index in [0.717, 1.165) is 10.5 Å². The van der Waals surface area contributed by atoms with Crippen molar-refractivity contribution in [3.63, 3.8) is 0 Å². The Hall–Kier alpha value is -3.14. The number of ether oxygens (including phenoxy) is 1. The summed E-state index contributed by atoms with van der Waals surface area (Å²) in [6, 6.07) is 5.07. The van der Waals surface area contributed by atoms with Gasteiger partial charge in [0.2, 0.25) is 11.8 Å². The van der Waals surface area contributed by atoms with Gasteiger partial charge < -0.3 is 25.8 Å². The Kier molecular flexibility index (Phi) is 6.21. The predicted octanol–water partition coefficient (Wildman–Crippen LogP) is 1.00. The maximum absolute atomic E-state index is 13.4. The van der Waals surface area contributed by atoms with Gasteiger partial charge in [-0.2, -0.15) is 0 Å². The number of nitrogens with one attached hydrogen (secondary N) is 1. The first kappa shape index (κ1) is 22.5. The summed E-state index contributed by atoms with van der Waals surface area (Å²) in [5.74, 6) is -1.79. The van der Waals surface area contributed by atoms with Crippen LogP contribution in [0.3, 0.4) is 0 Å². The van der Waals surface area contributed by atoms with Gasteiger partial charge in [0.25, 0.3) is 5.91 Å². The highest BCUT2D eigenvalue weighted by atomic mass is 16.5. The molecule has 10 nitrogen and oxygen atoms in total. The molecule has 0 aromatic heterocycles. The first-order chi connectivity index (χ1) is 14.6. The second kappa shape index (κ2) is 8.54. The molecule has 168 valence electrons. The second-order valence-corrected chi connectivity index (χ2v) is 8.52. The molecule has 1 spiro atoms. The molecule has 10 heteroatoms. The number of anilines is 1. The summed E-state index contributed by atoms with van der Waals surface area (Å²) in [6.45, 7) is 3.66. The summed E-state index contributed by atoms with van der Waals surface area (Å²) in [4.78, 5) is 52.4. The lowest BCUT2D eigenvalue weighted by Gasteiger charge is -2.32. The molecule has 3 rings (SSSR count). The van der Waals surface area contributed by atoms with Gasteiger partial charge in [0.1, 0.15) is 12.1 Å². The predicted molar refractivity (Wildman–Crippen MR) is 111 cm³/mol. The van der Waals surface area contributed by atoms with Gasteiger partial charge in [0, 0.05) is 24.7 Å². The van der Waals surface area contributed by atoms with Crippen LogP contribution in [0.5, 0.6) is 0 Å². The molecule has 2 aliphatic rings.